The Balaban J connectivity index is 1.48. The normalized spacial score (nSPS) is 22.9. The van der Waals surface area contributed by atoms with Crippen LogP contribution in [0.25, 0.3) is 0 Å². The van der Waals surface area contributed by atoms with Crippen LogP contribution in [-0.4, -0.2) is 60.9 Å². The van der Waals surface area contributed by atoms with Crippen molar-refractivity contribution in [1.82, 2.24) is 13.9 Å². The van der Waals surface area contributed by atoms with E-state index in [1.54, 1.807) is 0 Å². The van der Waals surface area contributed by atoms with Crippen molar-refractivity contribution >= 4 is 16.2 Å². The molecule has 0 spiro atoms. The lowest BCUT2D eigenvalue weighted by Gasteiger charge is -2.36. The monoisotopic (exact) mass is 409 g/mol. The van der Waals surface area contributed by atoms with Crippen molar-refractivity contribution in [2.45, 2.75) is 51.1 Å². The highest BCUT2D eigenvalue weighted by Gasteiger charge is 2.31. The summed E-state index contributed by atoms with van der Waals surface area (Å²) in [5, 5.41) is 9.06. The number of hydrogen-bond acceptors (Lipinski definition) is 4. The minimum atomic E-state index is -3.54. The number of aliphatic carboxylic acids is 1. The lowest BCUT2D eigenvalue weighted by atomic mass is 9.98. The fourth-order valence-corrected chi connectivity index (χ4v) is 5.45. The molecule has 2 aliphatic heterocycles. The Morgan fingerprint density at radius 3 is 2.46 bits per heavy atom. The molecule has 28 heavy (non-hydrogen) atoms. The third kappa shape index (κ3) is 5.76. The van der Waals surface area contributed by atoms with Gasteiger partial charge in [0.2, 0.25) is 0 Å². The first kappa shape index (κ1) is 21.2. The fourth-order valence-electron chi connectivity index (χ4n) is 4.20. The fraction of sp³-hybridized carbons (Fsp3) is 0.650. The maximum Gasteiger partial charge on any atom is 0.306 e. The molecule has 156 valence electrons. The molecule has 2 saturated heterocycles. The smallest absolute Gasteiger partial charge is 0.306 e. The van der Waals surface area contributed by atoms with Crippen LogP contribution in [-0.2, 0) is 21.5 Å². The highest BCUT2D eigenvalue weighted by molar-refractivity contribution is 7.87. The number of piperidine rings is 2. The summed E-state index contributed by atoms with van der Waals surface area (Å²) in [5.74, 6) is -1.26. The van der Waals surface area contributed by atoms with Crippen molar-refractivity contribution < 1.29 is 18.3 Å². The second-order valence-electron chi connectivity index (χ2n) is 7.81. The molecule has 2 aliphatic rings. The molecule has 3 rings (SSSR count). The number of carboxylic acids is 1. The molecule has 1 aromatic rings. The molecule has 2 heterocycles. The summed E-state index contributed by atoms with van der Waals surface area (Å²) in [4.78, 5) is 13.5. The minimum absolute atomic E-state index is 0.274. The van der Waals surface area contributed by atoms with Gasteiger partial charge in [0.05, 0.1) is 5.92 Å². The molecule has 2 fully saturated rings. The summed E-state index contributed by atoms with van der Waals surface area (Å²) in [6, 6.07) is 10.8. The molecule has 0 aromatic heterocycles. The second-order valence-corrected chi connectivity index (χ2v) is 9.56. The molecule has 1 atom stereocenters. The average Bonchev–Trinajstić information content (AvgIpc) is 2.70. The van der Waals surface area contributed by atoms with Gasteiger partial charge in [0.1, 0.15) is 0 Å². The van der Waals surface area contributed by atoms with Crippen LogP contribution < -0.4 is 4.72 Å². The van der Waals surface area contributed by atoms with Gasteiger partial charge in [-0.2, -0.15) is 12.7 Å². The maximum atomic E-state index is 12.5. The highest BCUT2D eigenvalue weighted by Crippen LogP contribution is 2.22. The van der Waals surface area contributed by atoms with Gasteiger partial charge in [-0.25, -0.2) is 4.72 Å². The standard InChI is InChI=1S/C20H31N3O4S/c24-20(25)18-10-14-23(15-11-18)28(26,27)21-12-9-19-8-4-5-13-22(19)16-17-6-2-1-3-7-17/h1-3,6-7,18-19,21H,4-5,8-16H2,(H,24,25)/t19-/m0/s1. The van der Waals surface area contributed by atoms with Crippen molar-refractivity contribution in [2.75, 3.05) is 26.2 Å². The number of nitrogens with zero attached hydrogens (tertiary/aromatic N) is 2. The van der Waals surface area contributed by atoms with Gasteiger partial charge in [0, 0.05) is 32.2 Å². The van der Waals surface area contributed by atoms with Crippen LogP contribution in [0.1, 0.15) is 44.1 Å². The van der Waals surface area contributed by atoms with Crippen LogP contribution in [0, 0.1) is 5.92 Å². The molecule has 0 amide bonds. The number of carboxylic acid groups (broad SMARTS) is 1. The van der Waals surface area contributed by atoms with E-state index in [0.717, 1.165) is 25.9 Å². The van der Waals surface area contributed by atoms with Crippen LogP contribution >= 0.6 is 0 Å². The van der Waals surface area contributed by atoms with Gasteiger partial charge in [-0.3, -0.25) is 9.69 Å². The number of rotatable bonds is 8. The first-order chi connectivity index (χ1) is 13.5. The molecule has 0 unspecified atom stereocenters. The number of likely N-dealkylation sites (tertiary alicyclic amines) is 1. The number of hydrogen-bond donors (Lipinski definition) is 2. The van der Waals surface area contributed by atoms with Crippen molar-refractivity contribution in [2.24, 2.45) is 5.92 Å². The van der Waals surface area contributed by atoms with Gasteiger partial charge >= 0.3 is 5.97 Å². The molecule has 2 N–H and O–H groups in total. The van der Waals surface area contributed by atoms with Crippen molar-refractivity contribution in [1.29, 1.82) is 0 Å². The van der Waals surface area contributed by atoms with E-state index in [9.17, 15) is 13.2 Å². The van der Waals surface area contributed by atoms with E-state index in [-0.39, 0.29) is 13.1 Å². The van der Waals surface area contributed by atoms with E-state index < -0.39 is 22.1 Å². The zero-order chi connectivity index (χ0) is 20.0. The largest absolute Gasteiger partial charge is 0.481 e. The molecule has 8 heteroatoms. The van der Waals surface area contributed by atoms with Crippen molar-refractivity contribution in [3.05, 3.63) is 35.9 Å². The first-order valence-electron chi connectivity index (χ1n) is 10.2. The third-order valence-corrected chi connectivity index (χ3v) is 7.50. The Morgan fingerprint density at radius 1 is 1.07 bits per heavy atom. The Kier molecular flexibility index (Phi) is 7.45. The minimum Gasteiger partial charge on any atom is -0.481 e. The lowest BCUT2D eigenvalue weighted by Crippen LogP contribution is -2.47. The summed E-state index contributed by atoms with van der Waals surface area (Å²) in [5.41, 5.74) is 1.29. The molecule has 0 aliphatic carbocycles. The van der Waals surface area contributed by atoms with Gasteiger partial charge in [0.25, 0.3) is 10.2 Å². The second kappa shape index (κ2) is 9.82. The van der Waals surface area contributed by atoms with Crippen LogP contribution in [0.4, 0.5) is 0 Å². The van der Waals surface area contributed by atoms with E-state index in [0.29, 0.717) is 25.4 Å². The van der Waals surface area contributed by atoms with Gasteiger partial charge < -0.3 is 5.11 Å². The Labute approximate surface area is 167 Å². The Hall–Kier alpha value is -1.48. The Morgan fingerprint density at radius 2 is 1.79 bits per heavy atom. The van der Waals surface area contributed by atoms with Gasteiger partial charge in [-0.1, -0.05) is 36.8 Å². The van der Waals surface area contributed by atoms with Crippen LogP contribution in [0.2, 0.25) is 0 Å². The summed E-state index contributed by atoms with van der Waals surface area (Å²) in [7, 11) is -3.54. The van der Waals surface area contributed by atoms with Gasteiger partial charge in [-0.15, -0.1) is 0 Å². The topological polar surface area (TPSA) is 90.0 Å². The summed E-state index contributed by atoms with van der Waals surface area (Å²) < 4.78 is 29.2. The van der Waals surface area contributed by atoms with Gasteiger partial charge in [-0.05, 0) is 44.2 Å². The SMILES string of the molecule is O=C(O)C1CCN(S(=O)(=O)NCC[C@@H]2CCCCN2Cc2ccccc2)CC1. The number of benzene rings is 1. The van der Waals surface area contributed by atoms with E-state index in [2.05, 4.69) is 33.9 Å². The molecule has 7 nitrogen and oxygen atoms in total. The summed E-state index contributed by atoms with van der Waals surface area (Å²) >= 11 is 0. The van der Waals surface area contributed by atoms with Crippen molar-refractivity contribution in [3.63, 3.8) is 0 Å². The summed E-state index contributed by atoms with van der Waals surface area (Å²) in [6.45, 7) is 2.92. The van der Waals surface area contributed by atoms with Crippen LogP contribution in [0.3, 0.4) is 0 Å². The van der Waals surface area contributed by atoms with Crippen LogP contribution in [0.5, 0.6) is 0 Å². The van der Waals surface area contributed by atoms with E-state index in [1.807, 2.05) is 6.07 Å². The molecular weight excluding hydrogens is 378 g/mol. The van der Waals surface area contributed by atoms with Gasteiger partial charge in [0.15, 0.2) is 0 Å². The maximum absolute atomic E-state index is 12.5. The lowest BCUT2D eigenvalue weighted by molar-refractivity contribution is -0.142. The zero-order valence-corrected chi connectivity index (χ0v) is 17.1. The number of nitrogens with one attached hydrogen (secondary N) is 1. The van der Waals surface area contributed by atoms with E-state index >= 15 is 0 Å². The summed E-state index contributed by atoms with van der Waals surface area (Å²) in [6.07, 6.45) is 5.02. The predicted octanol–water partition coefficient (Wildman–Crippen LogP) is 2.06. The van der Waals surface area contributed by atoms with Crippen molar-refractivity contribution in [3.8, 4) is 0 Å². The quantitative estimate of drug-likeness (QED) is 0.686. The zero-order valence-electron chi connectivity index (χ0n) is 16.3. The Bertz CT molecular complexity index is 733. The molecular formula is C20H31N3O4S. The molecule has 0 bridgehead atoms. The first-order valence-corrected chi connectivity index (χ1v) is 11.7. The van der Waals surface area contributed by atoms with E-state index in [4.69, 9.17) is 5.11 Å². The predicted molar refractivity (Wildman–Crippen MR) is 108 cm³/mol. The number of carbonyl (C=O) groups is 1. The highest BCUT2D eigenvalue weighted by atomic mass is 32.2. The third-order valence-electron chi connectivity index (χ3n) is 5.88. The average molecular weight is 410 g/mol. The molecule has 0 saturated carbocycles. The van der Waals surface area contributed by atoms with E-state index in [1.165, 1.54) is 22.7 Å². The van der Waals surface area contributed by atoms with Crippen LogP contribution in [0.15, 0.2) is 30.3 Å². The molecule has 0 radical (unpaired) electrons. The molecule has 1 aromatic carbocycles.